The van der Waals surface area contributed by atoms with Gasteiger partial charge in [-0.2, -0.15) is 0 Å². The van der Waals surface area contributed by atoms with Crippen molar-refractivity contribution >= 4 is 17.6 Å². The minimum Gasteiger partial charge on any atom is -0.314 e. The molecule has 1 unspecified atom stereocenters. The molecule has 1 amide bonds. The van der Waals surface area contributed by atoms with Crippen LogP contribution in [0.15, 0.2) is 16.8 Å². The number of ketones is 1. The van der Waals surface area contributed by atoms with Crippen LogP contribution < -0.4 is 5.32 Å². The average Bonchev–Trinajstić information content (AvgIpc) is 3.69. The van der Waals surface area contributed by atoms with Crippen molar-refractivity contribution in [3.05, 3.63) is 11.6 Å². The van der Waals surface area contributed by atoms with Gasteiger partial charge in [-0.15, -0.1) is 0 Å². The Morgan fingerprint density at radius 3 is 2.62 bits per heavy atom. The molecule has 0 bridgehead atoms. The molecule has 7 atom stereocenters. The van der Waals surface area contributed by atoms with E-state index >= 15 is 0 Å². The highest BCUT2D eigenvalue weighted by atomic mass is 16.7. The van der Waals surface area contributed by atoms with Gasteiger partial charge >= 0.3 is 6.09 Å². The number of nitrogens with one attached hydrogen (secondary N) is 1. The van der Waals surface area contributed by atoms with Crippen molar-refractivity contribution in [2.45, 2.75) is 129 Å². The molecule has 4 saturated carbocycles. The normalized spacial score (nSPS) is 40.6. The molecule has 1 heterocycles. The van der Waals surface area contributed by atoms with Crippen molar-refractivity contribution in [3.8, 4) is 0 Å². The third-order valence-electron chi connectivity index (χ3n) is 12.6. The van der Waals surface area contributed by atoms with Gasteiger partial charge in [-0.1, -0.05) is 37.4 Å². The number of oxime groups is 1. The fraction of sp³-hybridized carbons (Fsp3) is 0.848. The van der Waals surface area contributed by atoms with Gasteiger partial charge in [0, 0.05) is 31.0 Å². The molecule has 0 spiro atoms. The lowest BCUT2D eigenvalue weighted by Gasteiger charge is -2.58. The van der Waals surface area contributed by atoms with Crippen LogP contribution in [0.5, 0.6) is 0 Å². The number of carbonyl (C=O) groups excluding carboxylic acids is 2. The third kappa shape index (κ3) is 5.02. The largest absolute Gasteiger partial charge is 0.436 e. The second kappa shape index (κ2) is 10.9. The third-order valence-corrected chi connectivity index (χ3v) is 12.6. The zero-order valence-corrected chi connectivity index (χ0v) is 24.7. The van der Waals surface area contributed by atoms with Crippen molar-refractivity contribution in [2.24, 2.45) is 39.7 Å². The number of nitrogens with zero attached hydrogens (tertiary/aromatic N) is 2. The molecule has 1 saturated heterocycles. The Balaban J connectivity index is 1.12. The molecule has 0 radical (unpaired) electrons. The first-order chi connectivity index (χ1) is 18.8. The Hall–Kier alpha value is -1.69. The molecule has 1 aliphatic heterocycles. The van der Waals surface area contributed by atoms with Gasteiger partial charge in [0.25, 0.3) is 0 Å². The molecule has 39 heavy (non-hydrogen) atoms. The molecule has 6 heteroatoms. The minimum atomic E-state index is -0.242. The maximum Gasteiger partial charge on any atom is 0.436 e. The molecule has 6 aliphatic rings. The predicted octanol–water partition coefficient (Wildman–Crippen LogP) is 7.03. The lowest BCUT2D eigenvalue weighted by Crippen LogP contribution is -2.51. The number of hydrogen-bond acceptors (Lipinski definition) is 5. The van der Waals surface area contributed by atoms with E-state index in [-0.39, 0.29) is 16.9 Å². The van der Waals surface area contributed by atoms with Gasteiger partial charge in [0.2, 0.25) is 0 Å². The number of carbonyl (C=O) groups is 2. The van der Waals surface area contributed by atoms with E-state index in [1.54, 1.807) is 0 Å². The van der Waals surface area contributed by atoms with Crippen LogP contribution in [0, 0.1) is 34.5 Å². The summed E-state index contributed by atoms with van der Waals surface area (Å²) >= 11 is 0. The highest BCUT2D eigenvalue weighted by Gasteiger charge is 2.59. The van der Waals surface area contributed by atoms with Crippen molar-refractivity contribution < 1.29 is 14.4 Å². The van der Waals surface area contributed by atoms with Gasteiger partial charge in [-0.3, -0.25) is 9.63 Å². The molecular weight excluding hydrogens is 486 g/mol. The van der Waals surface area contributed by atoms with Crippen LogP contribution in [0.4, 0.5) is 4.79 Å². The van der Waals surface area contributed by atoms with Crippen molar-refractivity contribution in [2.75, 3.05) is 13.1 Å². The zero-order chi connectivity index (χ0) is 27.2. The summed E-state index contributed by atoms with van der Waals surface area (Å²) in [6.07, 6.45) is 18.7. The summed E-state index contributed by atoms with van der Waals surface area (Å²) in [5, 5.41) is 8.14. The van der Waals surface area contributed by atoms with Crippen LogP contribution in [0.2, 0.25) is 0 Å². The summed E-state index contributed by atoms with van der Waals surface area (Å²) in [6.45, 7) is 8.94. The van der Waals surface area contributed by atoms with Gasteiger partial charge in [-0.05, 0) is 125 Å². The fourth-order valence-corrected chi connectivity index (χ4v) is 10.4. The Morgan fingerprint density at radius 1 is 1.03 bits per heavy atom. The predicted molar refractivity (Wildman–Crippen MR) is 154 cm³/mol. The summed E-state index contributed by atoms with van der Waals surface area (Å²) in [5.41, 5.74) is 2.90. The minimum absolute atomic E-state index is 0.215. The molecule has 0 aromatic heterocycles. The van der Waals surface area contributed by atoms with Gasteiger partial charge in [0.05, 0.1) is 5.71 Å². The average molecular weight is 538 g/mol. The monoisotopic (exact) mass is 537 g/mol. The summed E-state index contributed by atoms with van der Waals surface area (Å²) in [7, 11) is 0. The van der Waals surface area contributed by atoms with Crippen LogP contribution in [0.1, 0.15) is 117 Å². The van der Waals surface area contributed by atoms with Gasteiger partial charge in [-0.25, -0.2) is 4.79 Å². The summed E-state index contributed by atoms with van der Waals surface area (Å²) < 4.78 is 0. The summed E-state index contributed by atoms with van der Waals surface area (Å²) in [6, 6.07) is 0.833. The molecule has 6 nitrogen and oxygen atoms in total. The number of amides is 1. The molecule has 6 rings (SSSR count). The van der Waals surface area contributed by atoms with E-state index in [4.69, 9.17) is 4.84 Å². The second-order valence-electron chi connectivity index (χ2n) is 14.4. The van der Waals surface area contributed by atoms with Crippen molar-refractivity contribution in [1.82, 2.24) is 10.2 Å². The van der Waals surface area contributed by atoms with Crippen molar-refractivity contribution in [3.63, 3.8) is 0 Å². The maximum atomic E-state index is 13.3. The Kier molecular flexibility index (Phi) is 7.71. The van der Waals surface area contributed by atoms with Crippen LogP contribution in [-0.4, -0.2) is 47.7 Å². The Labute approximate surface area is 235 Å². The zero-order valence-electron chi connectivity index (χ0n) is 24.7. The lowest BCUT2D eigenvalue weighted by molar-refractivity contribution is -0.117. The molecule has 1 N–H and O–H groups in total. The number of allylic oxidation sites excluding steroid dienone is 1. The molecule has 5 aliphatic carbocycles. The maximum absolute atomic E-state index is 13.3. The van der Waals surface area contributed by atoms with Crippen molar-refractivity contribution in [1.29, 1.82) is 0 Å². The van der Waals surface area contributed by atoms with Crippen LogP contribution in [0.3, 0.4) is 0 Å². The lowest BCUT2D eigenvalue weighted by atomic mass is 9.46. The van der Waals surface area contributed by atoms with Gasteiger partial charge < -0.3 is 10.2 Å². The summed E-state index contributed by atoms with van der Waals surface area (Å²) in [4.78, 5) is 33.3. The van der Waals surface area contributed by atoms with E-state index < -0.39 is 0 Å². The molecule has 0 aromatic rings. The first-order valence-electron chi connectivity index (χ1n) is 16.3. The molecular formula is C33H51N3O3. The topological polar surface area (TPSA) is 71.0 Å². The van der Waals surface area contributed by atoms with E-state index in [1.807, 2.05) is 11.0 Å². The fourth-order valence-electron chi connectivity index (χ4n) is 10.4. The van der Waals surface area contributed by atoms with Gasteiger partial charge in [0.15, 0.2) is 5.78 Å². The smallest absolute Gasteiger partial charge is 0.314 e. The van der Waals surface area contributed by atoms with E-state index in [9.17, 15) is 9.59 Å². The highest BCUT2D eigenvalue weighted by Crippen LogP contribution is 2.66. The SMILES string of the molecule is C/C(=N\OC(=O)N(CCC1CCCN1)C1CCCC1)[C@H]1CC[C@H]2[C@@H]3CCC4=CC(=O)CC[C@]4(C)[C@H]3CC[C@]12C. The molecule has 5 fully saturated rings. The molecule has 216 valence electrons. The first-order valence-corrected chi connectivity index (χ1v) is 16.3. The highest BCUT2D eigenvalue weighted by molar-refractivity contribution is 5.91. The molecule has 0 aromatic carbocycles. The number of fused-ring (bicyclic) bond motifs is 5. The standard InChI is InChI=1S/C33H51N3O3/c1-22(35-39-31(38)36(25-8-4-5-9-25)20-16-24-7-6-19-34-24)28-12-13-29-27-11-10-23-21-26(37)14-17-32(23,2)30(27)15-18-33(28,29)3/h21,24-25,27-30,34H,4-20H2,1-3H3/b35-22+/t24?,27-,28+,29-,30-,32-,33+/m0/s1. The van der Waals surface area contributed by atoms with E-state index in [0.29, 0.717) is 35.6 Å². The van der Waals surface area contributed by atoms with E-state index in [0.717, 1.165) is 69.7 Å². The van der Waals surface area contributed by atoms with E-state index in [1.165, 1.54) is 56.9 Å². The number of rotatable bonds is 6. The van der Waals surface area contributed by atoms with Crippen LogP contribution in [-0.2, 0) is 9.63 Å². The van der Waals surface area contributed by atoms with Crippen LogP contribution >= 0.6 is 0 Å². The van der Waals surface area contributed by atoms with E-state index in [2.05, 4.69) is 31.2 Å². The Bertz CT molecular complexity index is 1010. The first kappa shape index (κ1) is 27.5. The quantitative estimate of drug-likeness (QED) is 0.224. The Morgan fingerprint density at radius 2 is 1.85 bits per heavy atom. The second-order valence-corrected chi connectivity index (χ2v) is 14.4. The number of hydrogen-bond donors (Lipinski definition) is 1. The summed E-state index contributed by atoms with van der Waals surface area (Å²) in [5.74, 6) is 2.86. The van der Waals surface area contributed by atoms with Gasteiger partial charge in [0.1, 0.15) is 0 Å². The van der Waals surface area contributed by atoms with Crippen LogP contribution in [0.25, 0.3) is 0 Å².